The van der Waals surface area contributed by atoms with Gasteiger partial charge in [0.2, 0.25) is 0 Å². The zero-order chi connectivity index (χ0) is 26.4. The number of carbonyl (C=O) groups excluding carboxylic acids is 1. The van der Waals surface area contributed by atoms with Crippen molar-refractivity contribution < 1.29 is 19.4 Å². The summed E-state index contributed by atoms with van der Waals surface area (Å²) in [7, 11) is 0. The second-order valence-electron chi connectivity index (χ2n) is 10.0. The molecular weight excluding hydrogens is 450 g/mol. The Balaban J connectivity index is 1.78. The molecule has 3 rings (SSSR count). The highest BCUT2D eigenvalue weighted by atomic mass is 16.5. The summed E-state index contributed by atoms with van der Waals surface area (Å²) < 4.78 is 6.49. The summed E-state index contributed by atoms with van der Waals surface area (Å²) in [5, 5.41) is 11.4. The van der Waals surface area contributed by atoms with Gasteiger partial charge in [0.25, 0.3) is 5.91 Å². The van der Waals surface area contributed by atoms with Crippen molar-refractivity contribution in [1.29, 1.82) is 0 Å². The van der Waals surface area contributed by atoms with Crippen LogP contribution in [0.5, 0.6) is 5.75 Å². The van der Waals surface area contributed by atoms with Gasteiger partial charge in [-0.3, -0.25) is 9.59 Å². The van der Waals surface area contributed by atoms with Crippen LogP contribution >= 0.6 is 0 Å². The Hall–Kier alpha value is -3.60. The number of nitrogens with one attached hydrogen (secondary N) is 1. The maximum absolute atomic E-state index is 12.3. The van der Waals surface area contributed by atoms with Gasteiger partial charge in [-0.05, 0) is 83.3 Å². The van der Waals surface area contributed by atoms with Crippen LogP contribution < -0.4 is 10.1 Å². The fourth-order valence-electron chi connectivity index (χ4n) is 4.43. The predicted molar refractivity (Wildman–Crippen MR) is 145 cm³/mol. The molecule has 0 saturated carbocycles. The van der Waals surface area contributed by atoms with Gasteiger partial charge in [0, 0.05) is 12.1 Å². The largest absolute Gasteiger partial charge is 0.485 e. The summed E-state index contributed by atoms with van der Waals surface area (Å²) in [4.78, 5) is 22.9. The number of carboxylic acids is 1. The second-order valence-corrected chi connectivity index (χ2v) is 10.0. The molecule has 2 N–H and O–H groups in total. The molecule has 1 unspecified atom stereocenters. The smallest absolute Gasteiger partial charge is 0.305 e. The minimum atomic E-state index is -0.940. The molecule has 36 heavy (non-hydrogen) atoms. The van der Waals surface area contributed by atoms with E-state index in [4.69, 9.17) is 9.84 Å². The molecular formula is C31H37NO4. The van der Waals surface area contributed by atoms with Crippen LogP contribution in [0.15, 0.2) is 60.7 Å². The van der Waals surface area contributed by atoms with Crippen LogP contribution in [0.3, 0.4) is 0 Å². The molecule has 3 aromatic carbocycles. The second kappa shape index (κ2) is 11.9. The normalized spacial score (nSPS) is 12.0. The Morgan fingerprint density at radius 3 is 1.92 bits per heavy atom. The molecule has 1 amide bonds. The number of benzene rings is 3. The summed E-state index contributed by atoms with van der Waals surface area (Å²) in [5.41, 5.74) is 7.58. The quantitative estimate of drug-likeness (QED) is 0.321. The maximum Gasteiger partial charge on any atom is 0.305 e. The van der Waals surface area contributed by atoms with Crippen LogP contribution in [0.2, 0.25) is 0 Å². The van der Waals surface area contributed by atoms with E-state index in [1.54, 1.807) is 12.1 Å². The molecule has 0 aliphatic carbocycles. The third-order valence-electron chi connectivity index (χ3n) is 6.37. The molecule has 0 spiro atoms. The molecule has 0 aromatic heterocycles. The molecule has 5 heteroatoms. The molecule has 5 nitrogen and oxygen atoms in total. The van der Waals surface area contributed by atoms with Gasteiger partial charge in [0.05, 0.1) is 6.42 Å². The molecule has 0 fully saturated rings. The van der Waals surface area contributed by atoms with E-state index in [0.29, 0.717) is 11.5 Å². The van der Waals surface area contributed by atoms with Crippen molar-refractivity contribution in [3.8, 4) is 16.9 Å². The van der Waals surface area contributed by atoms with Gasteiger partial charge >= 0.3 is 5.97 Å². The van der Waals surface area contributed by atoms with E-state index in [0.717, 1.165) is 22.4 Å². The van der Waals surface area contributed by atoms with Crippen LogP contribution in [0, 0.1) is 19.8 Å². The van der Waals surface area contributed by atoms with E-state index >= 15 is 0 Å². The zero-order valence-corrected chi connectivity index (χ0v) is 22.1. The van der Waals surface area contributed by atoms with E-state index in [1.807, 2.05) is 12.1 Å². The van der Waals surface area contributed by atoms with Crippen molar-refractivity contribution >= 4 is 11.9 Å². The van der Waals surface area contributed by atoms with Crippen LogP contribution in [-0.2, 0) is 4.79 Å². The predicted octanol–water partition coefficient (Wildman–Crippen LogP) is 7.07. The number of carboxylic acid groups (broad SMARTS) is 1. The number of aliphatic carboxylic acids is 1. The first-order valence-electron chi connectivity index (χ1n) is 12.5. The van der Waals surface area contributed by atoms with Crippen LogP contribution in [0.25, 0.3) is 11.1 Å². The van der Waals surface area contributed by atoms with Crippen LogP contribution in [-0.4, -0.2) is 23.5 Å². The molecule has 3 aromatic rings. The Morgan fingerprint density at radius 2 is 1.42 bits per heavy atom. The summed E-state index contributed by atoms with van der Waals surface area (Å²) in [6.45, 7) is 13.0. The van der Waals surface area contributed by atoms with Gasteiger partial charge in [-0.15, -0.1) is 0 Å². The molecule has 0 radical (unpaired) electrons. The number of ether oxygens (including phenoxy) is 1. The molecule has 190 valence electrons. The summed E-state index contributed by atoms with van der Waals surface area (Å²) >= 11 is 0. The lowest BCUT2D eigenvalue weighted by Gasteiger charge is -2.24. The van der Waals surface area contributed by atoms with Crippen molar-refractivity contribution in [1.82, 2.24) is 5.32 Å². The minimum Gasteiger partial charge on any atom is -0.485 e. The Bertz CT molecular complexity index is 1170. The van der Waals surface area contributed by atoms with E-state index in [9.17, 15) is 9.59 Å². The standard InChI is InChI=1S/C31H37NO4/c1-19(2)23-7-9-24(10-8-23)29-21(5)17-27(18-22(29)6)36-30(20(3)4)25-11-13-26(14-12-25)31(35)32-16-15-28(33)34/h7-14,17-20,30H,15-16H2,1-6H3,(H,32,35)(H,33,34). The maximum atomic E-state index is 12.3. The highest BCUT2D eigenvalue weighted by Crippen LogP contribution is 2.35. The summed E-state index contributed by atoms with van der Waals surface area (Å²) in [6.07, 6.45) is -0.280. The first-order chi connectivity index (χ1) is 17.1. The van der Waals surface area contributed by atoms with Gasteiger partial charge in [-0.1, -0.05) is 64.1 Å². The van der Waals surface area contributed by atoms with E-state index in [2.05, 4.69) is 83.3 Å². The number of hydrogen-bond donors (Lipinski definition) is 2. The van der Waals surface area contributed by atoms with Gasteiger partial charge < -0.3 is 15.2 Å². The Morgan fingerprint density at radius 1 is 0.861 bits per heavy atom. The van der Waals surface area contributed by atoms with Crippen molar-refractivity contribution in [2.24, 2.45) is 5.92 Å². The first-order valence-corrected chi connectivity index (χ1v) is 12.5. The highest BCUT2D eigenvalue weighted by molar-refractivity contribution is 5.94. The van der Waals surface area contributed by atoms with Crippen molar-refractivity contribution in [3.63, 3.8) is 0 Å². The fraction of sp³-hybridized carbons (Fsp3) is 0.355. The molecule has 0 heterocycles. The van der Waals surface area contributed by atoms with Gasteiger partial charge in [0.15, 0.2) is 0 Å². The molecule has 0 saturated heterocycles. The average molecular weight is 488 g/mol. The monoisotopic (exact) mass is 487 g/mol. The molecule has 0 aliphatic rings. The molecule has 0 aliphatic heterocycles. The van der Waals surface area contributed by atoms with Gasteiger partial charge in [-0.2, -0.15) is 0 Å². The lowest BCUT2D eigenvalue weighted by atomic mass is 9.93. The minimum absolute atomic E-state index is 0.101. The lowest BCUT2D eigenvalue weighted by molar-refractivity contribution is -0.136. The number of carbonyl (C=O) groups is 2. The van der Waals surface area contributed by atoms with E-state index in [-0.39, 0.29) is 30.9 Å². The molecule has 0 bridgehead atoms. The summed E-state index contributed by atoms with van der Waals surface area (Å²) in [6, 6.07) is 20.3. The number of amides is 1. The number of rotatable bonds is 10. The number of hydrogen-bond acceptors (Lipinski definition) is 3. The fourth-order valence-corrected chi connectivity index (χ4v) is 4.43. The molecule has 1 atom stereocenters. The van der Waals surface area contributed by atoms with Crippen molar-refractivity contribution in [3.05, 3.63) is 88.5 Å². The Kier molecular flexibility index (Phi) is 8.92. The zero-order valence-electron chi connectivity index (χ0n) is 22.1. The highest BCUT2D eigenvalue weighted by Gasteiger charge is 2.20. The third kappa shape index (κ3) is 6.75. The number of aryl methyl sites for hydroxylation is 2. The lowest BCUT2D eigenvalue weighted by Crippen LogP contribution is -2.26. The van der Waals surface area contributed by atoms with Crippen LogP contribution in [0.1, 0.15) is 78.7 Å². The van der Waals surface area contributed by atoms with Crippen molar-refractivity contribution in [2.45, 2.75) is 60.0 Å². The third-order valence-corrected chi connectivity index (χ3v) is 6.37. The summed E-state index contributed by atoms with van der Waals surface area (Å²) in [5.74, 6) is 0.314. The van der Waals surface area contributed by atoms with E-state index in [1.165, 1.54) is 16.7 Å². The topological polar surface area (TPSA) is 75.6 Å². The van der Waals surface area contributed by atoms with E-state index < -0.39 is 5.97 Å². The average Bonchev–Trinajstić information content (AvgIpc) is 2.82. The van der Waals surface area contributed by atoms with Crippen molar-refractivity contribution in [2.75, 3.05) is 6.54 Å². The SMILES string of the molecule is Cc1cc(OC(c2ccc(C(=O)NCCC(=O)O)cc2)C(C)C)cc(C)c1-c1ccc(C(C)C)cc1. The van der Waals surface area contributed by atoms with Gasteiger partial charge in [-0.25, -0.2) is 0 Å². The Labute approximate surface area is 214 Å². The first kappa shape index (κ1) is 27.0. The van der Waals surface area contributed by atoms with Gasteiger partial charge in [0.1, 0.15) is 11.9 Å². The van der Waals surface area contributed by atoms with Crippen LogP contribution in [0.4, 0.5) is 0 Å².